The molecule has 16 heavy (non-hydrogen) atoms. The van der Waals surface area contributed by atoms with Gasteiger partial charge in [-0.15, -0.1) is 0 Å². The van der Waals surface area contributed by atoms with Crippen molar-refractivity contribution in [2.24, 2.45) is 0 Å². The molecule has 0 saturated carbocycles. The van der Waals surface area contributed by atoms with Gasteiger partial charge in [-0.25, -0.2) is 0 Å². The first-order valence-electron chi connectivity index (χ1n) is 4.78. The molecule has 4 nitrogen and oxygen atoms in total. The number of methoxy groups -OCH3 is 1. The molecule has 0 fully saturated rings. The van der Waals surface area contributed by atoms with E-state index in [9.17, 15) is 9.59 Å². The van der Waals surface area contributed by atoms with E-state index < -0.39 is 11.8 Å². The van der Waals surface area contributed by atoms with Crippen LogP contribution in [-0.4, -0.2) is 25.5 Å². The molecule has 0 saturated heterocycles. The van der Waals surface area contributed by atoms with Crippen LogP contribution in [0.15, 0.2) is 36.4 Å². The largest absolute Gasteiger partial charge is 0.375 e. The molecular weight excluding hydrogens is 206 g/mol. The number of imide groups is 1. The number of rotatable bonds is 4. The predicted molar refractivity (Wildman–Crippen MR) is 60.5 cm³/mol. The minimum Gasteiger partial charge on any atom is -0.375 e. The van der Waals surface area contributed by atoms with E-state index in [0.717, 1.165) is 5.56 Å². The molecule has 0 unspecified atom stereocenters. The standard InChI is InChI=1S/C12H13NO3/c1-16-9-12(15)13-11(14)8-7-10-5-3-2-4-6-10/h2-8H,9H2,1H3,(H,13,14,15). The number of hydrogen-bond donors (Lipinski definition) is 1. The summed E-state index contributed by atoms with van der Waals surface area (Å²) in [4.78, 5) is 22.2. The zero-order valence-electron chi connectivity index (χ0n) is 8.97. The number of amides is 2. The summed E-state index contributed by atoms with van der Waals surface area (Å²) in [5.41, 5.74) is 0.900. The van der Waals surface area contributed by atoms with Crippen molar-refractivity contribution >= 4 is 17.9 Å². The Morgan fingerprint density at radius 2 is 2.00 bits per heavy atom. The zero-order valence-corrected chi connectivity index (χ0v) is 8.97. The maximum absolute atomic E-state index is 11.2. The molecule has 0 bridgehead atoms. The van der Waals surface area contributed by atoms with E-state index in [2.05, 4.69) is 10.1 Å². The van der Waals surface area contributed by atoms with Crippen LogP contribution in [0.4, 0.5) is 0 Å². The van der Waals surface area contributed by atoms with Crippen LogP contribution in [0.1, 0.15) is 5.56 Å². The van der Waals surface area contributed by atoms with Crippen LogP contribution < -0.4 is 5.32 Å². The van der Waals surface area contributed by atoms with Gasteiger partial charge in [-0.2, -0.15) is 0 Å². The maximum atomic E-state index is 11.2. The van der Waals surface area contributed by atoms with Crippen molar-refractivity contribution in [1.82, 2.24) is 5.32 Å². The van der Waals surface area contributed by atoms with Crippen molar-refractivity contribution in [1.29, 1.82) is 0 Å². The van der Waals surface area contributed by atoms with Gasteiger partial charge in [-0.1, -0.05) is 30.3 Å². The number of ether oxygens (including phenoxy) is 1. The van der Waals surface area contributed by atoms with Crippen LogP contribution in [0.2, 0.25) is 0 Å². The average Bonchev–Trinajstić information content (AvgIpc) is 2.28. The van der Waals surface area contributed by atoms with Crippen molar-refractivity contribution in [3.05, 3.63) is 42.0 Å². The Bertz CT molecular complexity index is 385. The Balaban J connectivity index is 2.46. The smallest absolute Gasteiger partial charge is 0.252 e. The van der Waals surface area contributed by atoms with Gasteiger partial charge in [0.25, 0.3) is 11.8 Å². The van der Waals surface area contributed by atoms with E-state index in [0.29, 0.717) is 0 Å². The summed E-state index contributed by atoms with van der Waals surface area (Å²) in [5, 5.41) is 2.16. The van der Waals surface area contributed by atoms with E-state index in [-0.39, 0.29) is 6.61 Å². The first-order valence-corrected chi connectivity index (χ1v) is 4.78. The molecule has 4 heteroatoms. The summed E-state index contributed by atoms with van der Waals surface area (Å²) in [6, 6.07) is 9.35. The summed E-state index contributed by atoms with van der Waals surface area (Å²) in [5.74, 6) is -0.906. The fraction of sp³-hybridized carbons (Fsp3) is 0.167. The minimum absolute atomic E-state index is 0.120. The molecular formula is C12H13NO3. The quantitative estimate of drug-likeness (QED) is 0.768. The van der Waals surface area contributed by atoms with Gasteiger partial charge in [0.05, 0.1) is 0 Å². The molecule has 0 radical (unpaired) electrons. The van der Waals surface area contributed by atoms with Gasteiger partial charge in [0.1, 0.15) is 6.61 Å². The second-order valence-electron chi connectivity index (χ2n) is 3.09. The highest BCUT2D eigenvalue weighted by Gasteiger charge is 2.02. The highest BCUT2D eigenvalue weighted by Crippen LogP contribution is 2.00. The summed E-state index contributed by atoms with van der Waals surface area (Å²) in [7, 11) is 1.39. The molecule has 0 aliphatic carbocycles. The van der Waals surface area contributed by atoms with Gasteiger partial charge in [0.15, 0.2) is 0 Å². The summed E-state index contributed by atoms with van der Waals surface area (Å²) >= 11 is 0. The lowest BCUT2D eigenvalue weighted by molar-refractivity contribution is -0.130. The van der Waals surface area contributed by atoms with Crippen LogP contribution in [0.3, 0.4) is 0 Å². The third-order valence-electron chi connectivity index (χ3n) is 1.76. The van der Waals surface area contributed by atoms with Gasteiger partial charge in [0, 0.05) is 13.2 Å². The molecule has 0 aromatic heterocycles. The Hall–Kier alpha value is -1.94. The first-order chi connectivity index (χ1) is 7.72. The van der Waals surface area contributed by atoms with Crippen LogP contribution in [0, 0.1) is 0 Å². The number of hydrogen-bond acceptors (Lipinski definition) is 3. The topological polar surface area (TPSA) is 55.4 Å². The molecule has 0 aliphatic heterocycles. The lowest BCUT2D eigenvalue weighted by Gasteiger charge is -1.98. The summed E-state index contributed by atoms with van der Waals surface area (Å²) in [6.45, 7) is -0.120. The molecule has 1 rings (SSSR count). The fourth-order valence-electron chi connectivity index (χ4n) is 1.08. The Morgan fingerprint density at radius 1 is 1.31 bits per heavy atom. The molecule has 1 N–H and O–H groups in total. The van der Waals surface area contributed by atoms with Crippen molar-refractivity contribution in [3.63, 3.8) is 0 Å². The molecule has 0 heterocycles. The summed E-state index contributed by atoms with van der Waals surface area (Å²) < 4.78 is 4.58. The van der Waals surface area contributed by atoms with E-state index in [1.165, 1.54) is 13.2 Å². The Kier molecular flexibility index (Phi) is 4.95. The lowest BCUT2D eigenvalue weighted by Crippen LogP contribution is -2.31. The van der Waals surface area contributed by atoms with E-state index in [1.54, 1.807) is 6.08 Å². The third kappa shape index (κ3) is 4.52. The Labute approximate surface area is 93.9 Å². The van der Waals surface area contributed by atoms with Crippen LogP contribution in [-0.2, 0) is 14.3 Å². The number of carbonyl (C=O) groups is 2. The van der Waals surface area contributed by atoms with E-state index >= 15 is 0 Å². The van der Waals surface area contributed by atoms with Gasteiger partial charge in [-0.3, -0.25) is 14.9 Å². The van der Waals surface area contributed by atoms with Gasteiger partial charge in [-0.05, 0) is 11.6 Å². The van der Waals surface area contributed by atoms with Gasteiger partial charge >= 0.3 is 0 Å². The number of carbonyl (C=O) groups excluding carboxylic acids is 2. The third-order valence-corrected chi connectivity index (χ3v) is 1.76. The maximum Gasteiger partial charge on any atom is 0.252 e. The first kappa shape index (κ1) is 12.1. The van der Waals surface area contributed by atoms with Crippen LogP contribution in [0.25, 0.3) is 6.08 Å². The highest BCUT2D eigenvalue weighted by atomic mass is 16.5. The SMILES string of the molecule is COCC(=O)NC(=O)C=Cc1ccccc1. The van der Waals surface area contributed by atoms with Crippen molar-refractivity contribution in [3.8, 4) is 0 Å². The van der Waals surface area contributed by atoms with Crippen LogP contribution in [0.5, 0.6) is 0 Å². The molecule has 2 amide bonds. The van der Waals surface area contributed by atoms with Crippen molar-refractivity contribution in [2.45, 2.75) is 0 Å². The van der Waals surface area contributed by atoms with Crippen molar-refractivity contribution in [2.75, 3.05) is 13.7 Å². The zero-order chi connectivity index (χ0) is 11.8. The fourth-order valence-corrected chi connectivity index (χ4v) is 1.08. The molecule has 0 atom stereocenters. The van der Waals surface area contributed by atoms with Crippen molar-refractivity contribution < 1.29 is 14.3 Å². The lowest BCUT2D eigenvalue weighted by atomic mass is 10.2. The second-order valence-corrected chi connectivity index (χ2v) is 3.09. The molecule has 84 valence electrons. The second kappa shape index (κ2) is 6.53. The molecule has 0 spiro atoms. The summed E-state index contributed by atoms with van der Waals surface area (Å²) in [6.07, 6.45) is 2.94. The predicted octanol–water partition coefficient (Wildman–Crippen LogP) is 0.989. The molecule has 1 aromatic rings. The van der Waals surface area contributed by atoms with E-state index in [1.807, 2.05) is 30.3 Å². The normalized spacial score (nSPS) is 10.3. The van der Waals surface area contributed by atoms with Gasteiger partial charge < -0.3 is 4.74 Å². The highest BCUT2D eigenvalue weighted by molar-refractivity contribution is 6.03. The molecule has 1 aromatic carbocycles. The van der Waals surface area contributed by atoms with Crippen LogP contribution >= 0.6 is 0 Å². The Morgan fingerprint density at radius 3 is 2.62 bits per heavy atom. The van der Waals surface area contributed by atoms with Gasteiger partial charge in [0.2, 0.25) is 0 Å². The molecule has 0 aliphatic rings. The monoisotopic (exact) mass is 219 g/mol. The van der Waals surface area contributed by atoms with E-state index in [4.69, 9.17) is 0 Å². The average molecular weight is 219 g/mol. The number of nitrogens with one attached hydrogen (secondary N) is 1. The number of benzene rings is 1. The minimum atomic E-state index is -0.454.